The van der Waals surface area contributed by atoms with Gasteiger partial charge in [0, 0.05) is 25.2 Å². The van der Waals surface area contributed by atoms with Gasteiger partial charge in [-0.3, -0.25) is 4.90 Å². The normalized spacial score (nSPS) is 17.2. The topological polar surface area (TPSA) is 15.3 Å². The lowest BCUT2D eigenvalue weighted by Gasteiger charge is -2.26. The molecule has 2 nitrogen and oxygen atoms in total. The fraction of sp³-hybridized carbons (Fsp3) is 0.647. The zero-order valence-corrected chi connectivity index (χ0v) is 12.8. The van der Waals surface area contributed by atoms with E-state index in [1.165, 1.54) is 24.0 Å². The summed E-state index contributed by atoms with van der Waals surface area (Å²) in [6.45, 7) is 8.80. The maximum atomic E-state index is 3.52. The highest BCUT2D eigenvalue weighted by Gasteiger charge is 2.30. The standard InChI is InChI=1S/C17H28N2/c1-13(2)18-11-16-7-5-6-8-17(16)12-19(4)14(3)15-9-10-15/h5-8,13-15,18H,9-12H2,1-4H3. The van der Waals surface area contributed by atoms with Gasteiger partial charge in [-0.2, -0.15) is 0 Å². The molecule has 2 rings (SSSR count). The van der Waals surface area contributed by atoms with E-state index in [0.29, 0.717) is 12.1 Å². The van der Waals surface area contributed by atoms with E-state index >= 15 is 0 Å². The van der Waals surface area contributed by atoms with Crippen LogP contribution in [-0.2, 0) is 13.1 Å². The second-order valence-corrected chi connectivity index (χ2v) is 6.30. The Morgan fingerprint density at radius 3 is 2.37 bits per heavy atom. The molecule has 1 fully saturated rings. The molecule has 2 heteroatoms. The van der Waals surface area contributed by atoms with Gasteiger partial charge in [-0.15, -0.1) is 0 Å². The van der Waals surface area contributed by atoms with Crippen LogP contribution in [0.25, 0.3) is 0 Å². The molecule has 1 aromatic carbocycles. The van der Waals surface area contributed by atoms with Gasteiger partial charge in [0.05, 0.1) is 0 Å². The number of hydrogen-bond acceptors (Lipinski definition) is 2. The summed E-state index contributed by atoms with van der Waals surface area (Å²) in [6, 6.07) is 10.1. The van der Waals surface area contributed by atoms with Crippen LogP contribution in [0.3, 0.4) is 0 Å². The van der Waals surface area contributed by atoms with Crippen molar-refractivity contribution in [3.63, 3.8) is 0 Å². The Balaban J connectivity index is 1.98. The van der Waals surface area contributed by atoms with E-state index in [1.807, 2.05) is 0 Å². The Morgan fingerprint density at radius 1 is 1.16 bits per heavy atom. The number of hydrogen-bond donors (Lipinski definition) is 1. The van der Waals surface area contributed by atoms with Crippen LogP contribution in [0, 0.1) is 5.92 Å². The molecule has 19 heavy (non-hydrogen) atoms. The first-order valence-electron chi connectivity index (χ1n) is 7.58. The highest BCUT2D eigenvalue weighted by Crippen LogP contribution is 2.35. The largest absolute Gasteiger partial charge is 0.310 e. The molecule has 1 aliphatic carbocycles. The van der Waals surface area contributed by atoms with Crippen molar-refractivity contribution in [3.8, 4) is 0 Å². The molecule has 0 heterocycles. The van der Waals surface area contributed by atoms with Crippen LogP contribution in [0.2, 0.25) is 0 Å². The SMILES string of the molecule is CC(C)NCc1ccccc1CN(C)C(C)C1CC1. The number of rotatable bonds is 7. The first kappa shape index (κ1) is 14.5. The summed E-state index contributed by atoms with van der Waals surface area (Å²) >= 11 is 0. The highest BCUT2D eigenvalue weighted by atomic mass is 15.1. The van der Waals surface area contributed by atoms with Crippen molar-refractivity contribution in [2.45, 2.75) is 58.8 Å². The van der Waals surface area contributed by atoms with Gasteiger partial charge in [0.15, 0.2) is 0 Å². The second kappa shape index (κ2) is 6.53. The Morgan fingerprint density at radius 2 is 1.79 bits per heavy atom. The van der Waals surface area contributed by atoms with Gasteiger partial charge in [0.1, 0.15) is 0 Å². The average Bonchev–Trinajstić information content (AvgIpc) is 3.21. The van der Waals surface area contributed by atoms with Gasteiger partial charge in [-0.1, -0.05) is 38.1 Å². The van der Waals surface area contributed by atoms with Crippen LogP contribution in [0.4, 0.5) is 0 Å². The third kappa shape index (κ3) is 4.32. The zero-order chi connectivity index (χ0) is 13.8. The third-order valence-electron chi connectivity index (χ3n) is 4.24. The molecule has 106 valence electrons. The molecular formula is C17H28N2. The summed E-state index contributed by atoms with van der Waals surface area (Å²) in [5, 5.41) is 3.52. The van der Waals surface area contributed by atoms with Crippen molar-refractivity contribution in [1.29, 1.82) is 0 Å². The first-order chi connectivity index (χ1) is 9.08. The van der Waals surface area contributed by atoms with Crippen LogP contribution in [0.1, 0.15) is 44.7 Å². The summed E-state index contributed by atoms with van der Waals surface area (Å²) in [6.07, 6.45) is 2.84. The summed E-state index contributed by atoms with van der Waals surface area (Å²) in [5.41, 5.74) is 2.90. The smallest absolute Gasteiger partial charge is 0.0236 e. The summed E-state index contributed by atoms with van der Waals surface area (Å²) < 4.78 is 0. The quantitative estimate of drug-likeness (QED) is 0.808. The fourth-order valence-corrected chi connectivity index (χ4v) is 2.55. The molecule has 1 N–H and O–H groups in total. The maximum absolute atomic E-state index is 3.52. The van der Waals surface area contributed by atoms with Gasteiger partial charge in [0.25, 0.3) is 0 Å². The van der Waals surface area contributed by atoms with Crippen molar-refractivity contribution in [2.75, 3.05) is 7.05 Å². The lowest BCUT2D eigenvalue weighted by atomic mass is 10.1. The van der Waals surface area contributed by atoms with Crippen LogP contribution in [0.5, 0.6) is 0 Å². The molecule has 1 atom stereocenters. The maximum Gasteiger partial charge on any atom is 0.0236 e. The summed E-state index contributed by atoms with van der Waals surface area (Å²) in [4.78, 5) is 2.51. The van der Waals surface area contributed by atoms with Crippen LogP contribution < -0.4 is 5.32 Å². The molecule has 0 bridgehead atoms. The van der Waals surface area contributed by atoms with E-state index in [2.05, 4.69) is 62.3 Å². The molecule has 1 unspecified atom stereocenters. The van der Waals surface area contributed by atoms with Gasteiger partial charge < -0.3 is 5.32 Å². The molecule has 1 aromatic rings. The minimum atomic E-state index is 0.538. The molecular weight excluding hydrogens is 232 g/mol. The van der Waals surface area contributed by atoms with Crippen LogP contribution >= 0.6 is 0 Å². The van der Waals surface area contributed by atoms with E-state index in [4.69, 9.17) is 0 Å². The summed E-state index contributed by atoms with van der Waals surface area (Å²) in [7, 11) is 2.26. The average molecular weight is 260 g/mol. The fourth-order valence-electron chi connectivity index (χ4n) is 2.55. The molecule has 1 aliphatic rings. The van der Waals surface area contributed by atoms with Crippen molar-refractivity contribution < 1.29 is 0 Å². The van der Waals surface area contributed by atoms with Crippen molar-refractivity contribution >= 4 is 0 Å². The predicted octanol–water partition coefficient (Wildman–Crippen LogP) is 3.41. The molecule has 0 spiro atoms. The number of nitrogens with one attached hydrogen (secondary N) is 1. The number of nitrogens with zero attached hydrogens (tertiary/aromatic N) is 1. The van der Waals surface area contributed by atoms with Crippen molar-refractivity contribution in [1.82, 2.24) is 10.2 Å². The summed E-state index contributed by atoms with van der Waals surface area (Å²) in [5.74, 6) is 0.936. The Labute approximate surface area is 118 Å². The van der Waals surface area contributed by atoms with Gasteiger partial charge >= 0.3 is 0 Å². The number of benzene rings is 1. The van der Waals surface area contributed by atoms with E-state index in [0.717, 1.165) is 19.0 Å². The molecule has 0 aliphatic heterocycles. The van der Waals surface area contributed by atoms with Gasteiger partial charge in [-0.05, 0) is 43.9 Å². The molecule has 0 amide bonds. The van der Waals surface area contributed by atoms with E-state index < -0.39 is 0 Å². The molecule has 0 saturated heterocycles. The Kier molecular flexibility index (Phi) is 5.00. The predicted molar refractivity (Wildman–Crippen MR) is 82.1 cm³/mol. The zero-order valence-electron chi connectivity index (χ0n) is 12.8. The first-order valence-corrected chi connectivity index (χ1v) is 7.58. The van der Waals surface area contributed by atoms with Crippen molar-refractivity contribution in [3.05, 3.63) is 35.4 Å². The van der Waals surface area contributed by atoms with Gasteiger partial charge in [0.2, 0.25) is 0 Å². The van der Waals surface area contributed by atoms with E-state index in [1.54, 1.807) is 0 Å². The second-order valence-electron chi connectivity index (χ2n) is 6.30. The lowest BCUT2D eigenvalue weighted by molar-refractivity contribution is 0.226. The highest BCUT2D eigenvalue weighted by molar-refractivity contribution is 5.27. The molecule has 0 aromatic heterocycles. The van der Waals surface area contributed by atoms with Crippen LogP contribution in [0.15, 0.2) is 24.3 Å². The minimum absolute atomic E-state index is 0.538. The Bertz CT molecular complexity index is 396. The Hall–Kier alpha value is -0.860. The van der Waals surface area contributed by atoms with Gasteiger partial charge in [-0.25, -0.2) is 0 Å². The minimum Gasteiger partial charge on any atom is -0.310 e. The lowest BCUT2D eigenvalue weighted by Crippen LogP contribution is -2.31. The monoisotopic (exact) mass is 260 g/mol. The van der Waals surface area contributed by atoms with Crippen molar-refractivity contribution in [2.24, 2.45) is 5.92 Å². The molecule has 1 saturated carbocycles. The third-order valence-corrected chi connectivity index (χ3v) is 4.24. The van der Waals surface area contributed by atoms with Crippen LogP contribution in [-0.4, -0.2) is 24.0 Å². The van der Waals surface area contributed by atoms with E-state index in [9.17, 15) is 0 Å². The van der Waals surface area contributed by atoms with E-state index in [-0.39, 0.29) is 0 Å². The molecule has 0 radical (unpaired) electrons.